The predicted molar refractivity (Wildman–Crippen MR) is 92.7 cm³/mol. The van der Waals surface area contributed by atoms with E-state index >= 15 is 0 Å². The first kappa shape index (κ1) is 22.8. The average Bonchev–Trinajstić information content (AvgIpc) is 2.62. The van der Waals surface area contributed by atoms with Crippen molar-refractivity contribution >= 4 is 18.0 Å². The lowest BCUT2D eigenvalue weighted by Gasteiger charge is -2.29. The zero-order valence-electron chi connectivity index (χ0n) is 16.1. The second-order valence-corrected chi connectivity index (χ2v) is 6.36. The molecule has 13 heteroatoms. The molecule has 0 unspecified atom stereocenters. The molecule has 0 amide bonds. The fourth-order valence-corrected chi connectivity index (χ4v) is 2.64. The Labute approximate surface area is 168 Å². The highest BCUT2D eigenvalue weighted by molar-refractivity contribution is 5.96. The summed E-state index contributed by atoms with van der Waals surface area (Å²) in [5, 5.41) is 23.4. The number of ether oxygens (including phenoxy) is 2. The maximum absolute atomic E-state index is 13.4. The van der Waals surface area contributed by atoms with E-state index < -0.39 is 43.1 Å². The lowest BCUT2D eigenvalue weighted by Crippen LogP contribution is -2.41. The molecule has 1 atom stereocenters. The molecule has 0 spiro atoms. The number of aliphatic carboxylic acids is 1. The predicted octanol–water partition coefficient (Wildman–Crippen LogP) is 2.34. The van der Waals surface area contributed by atoms with Crippen LogP contribution < -0.4 is 4.74 Å². The van der Waals surface area contributed by atoms with Gasteiger partial charge in [0.1, 0.15) is 5.75 Å². The largest absolute Gasteiger partial charge is 0.569 e. The molecule has 0 saturated heterocycles. The summed E-state index contributed by atoms with van der Waals surface area (Å²) < 4.78 is 49.9. The monoisotopic (exact) mass is 433 g/mol. The molecule has 164 valence electrons. The standard InChI is InChI=1S/C17H18F3N3O7/c1-9-4-10(2)14-11(5-9)6-12(15(30-14)17(18,19)20)16(26)28-8-29-21-23(27)22(3)7-13(24)25/h4-6,15H,7-8H2,1-3H3,(H,24,25)/b23-21-/t15-/m0/s1. The molecule has 0 aliphatic carbocycles. The number of hydrogen-bond acceptors (Lipinski definition) is 7. The number of likely N-dealkylation sites (N-methyl/N-ethyl adjacent to an activating group) is 1. The number of halogens is 3. The van der Waals surface area contributed by atoms with Gasteiger partial charge in [-0.25, -0.2) is 4.79 Å². The number of carbonyl (C=O) groups is 2. The van der Waals surface area contributed by atoms with Crippen LogP contribution in [0.3, 0.4) is 0 Å². The van der Waals surface area contributed by atoms with E-state index in [4.69, 9.17) is 9.84 Å². The normalized spacial score (nSPS) is 16.1. The van der Waals surface area contributed by atoms with Gasteiger partial charge in [0.05, 0.1) is 17.6 Å². The average molecular weight is 433 g/mol. The van der Waals surface area contributed by atoms with Crippen LogP contribution in [-0.4, -0.2) is 59.7 Å². The first-order chi connectivity index (χ1) is 13.9. The van der Waals surface area contributed by atoms with Gasteiger partial charge in [-0.2, -0.15) is 13.2 Å². The Kier molecular flexibility index (Phi) is 6.74. The summed E-state index contributed by atoms with van der Waals surface area (Å²) in [7, 11) is 1.10. The fourth-order valence-electron chi connectivity index (χ4n) is 2.64. The zero-order chi connectivity index (χ0) is 22.6. The number of nitrogens with zero attached hydrogens (tertiary/aromatic N) is 3. The molecule has 0 fully saturated rings. The number of carboxylic acid groups (broad SMARTS) is 1. The smallest absolute Gasteiger partial charge is 0.430 e. The molecule has 1 aromatic rings. The molecule has 0 aromatic heterocycles. The van der Waals surface area contributed by atoms with E-state index in [0.29, 0.717) is 10.6 Å². The first-order valence-electron chi connectivity index (χ1n) is 8.36. The Hall–Kier alpha value is -3.51. The minimum absolute atomic E-state index is 0.00851. The maximum Gasteiger partial charge on any atom is 0.430 e. The van der Waals surface area contributed by atoms with Crippen LogP contribution in [0.15, 0.2) is 23.0 Å². The summed E-state index contributed by atoms with van der Waals surface area (Å²) in [5.74, 6) is -2.68. The van der Waals surface area contributed by atoms with Gasteiger partial charge >= 0.3 is 18.1 Å². The Bertz CT molecular complexity index is 899. The molecule has 0 saturated carbocycles. The van der Waals surface area contributed by atoms with E-state index in [0.717, 1.165) is 18.7 Å². The van der Waals surface area contributed by atoms with Crippen molar-refractivity contribution < 1.29 is 47.1 Å². The Balaban J connectivity index is 2.13. The van der Waals surface area contributed by atoms with Crippen LogP contribution in [0.25, 0.3) is 6.08 Å². The number of fused-ring (bicyclic) bond motifs is 1. The SMILES string of the molecule is Cc1cc(C)c2c(c1)C=C(C(=O)OCO/N=[N+](\[O-])N(C)CC(=O)O)[C@@H](C(F)(F)F)O2. The van der Waals surface area contributed by atoms with Crippen LogP contribution in [0.1, 0.15) is 16.7 Å². The van der Waals surface area contributed by atoms with Gasteiger partial charge in [0.15, 0.2) is 6.54 Å². The molecule has 1 aliphatic heterocycles. The van der Waals surface area contributed by atoms with Gasteiger partial charge in [-0.1, -0.05) is 11.6 Å². The van der Waals surface area contributed by atoms with Crippen LogP contribution in [-0.2, 0) is 19.2 Å². The second-order valence-electron chi connectivity index (χ2n) is 6.36. The third-order valence-corrected chi connectivity index (χ3v) is 3.84. The van der Waals surface area contributed by atoms with Crippen LogP contribution in [0.5, 0.6) is 5.75 Å². The second kappa shape index (κ2) is 8.88. The molecule has 30 heavy (non-hydrogen) atoms. The van der Waals surface area contributed by atoms with E-state index in [-0.39, 0.29) is 16.3 Å². The highest BCUT2D eigenvalue weighted by Crippen LogP contribution is 2.39. The number of carbonyl (C=O) groups excluding carboxylic acids is 1. The van der Waals surface area contributed by atoms with Crippen molar-refractivity contribution in [2.24, 2.45) is 5.28 Å². The number of hydrazine groups is 1. The quantitative estimate of drug-likeness (QED) is 0.174. The van der Waals surface area contributed by atoms with Gasteiger partial charge in [-0.05, 0) is 31.6 Å². The van der Waals surface area contributed by atoms with Crippen LogP contribution in [0.4, 0.5) is 13.2 Å². The van der Waals surface area contributed by atoms with Crippen molar-refractivity contribution in [2.45, 2.75) is 26.1 Å². The topological polar surface area (TPSA) is 124 Å². The van der Waals surface area contributed by atoms with Crippen molar-refractivity contribution in [3.05, 3.63) is 39.6 Å². The van der Waals surface area contributed by atoms with E-state index in [1.54, 1.807) is 26.0 Å². The number of benzene rings is 1. The minimum atomic E-state index is -4.89. The molecule has 2 rings (SSSR count). The van der Waals surface area contributed by atoms with Gasteiger partial charge in [0.2, 0.25) is 11.4 Å². The molecule has 0 bridgehead atoms. The third-order valence-electron chi connectivity index (χ3n) is 3.84. The number of alkyl halides is 3. The number of hydrogen-bond donors (Lipinski definition) is 1. The van der Waals surface area contributed by atoms with E-state index in [1.807, 2.05) is 0 Å². The summed E-state index contributed by atoms with van der Waals surface area (Å²) in [5.41, 5.74) is 0.718. The summed E-state index contributed by atoms with van der Waals surface area (Å²) in [6.45, 7) is 1.65. The van der Waals surface area contributed by atoms with Crippen molar-refractivity contribution in [2.75, 3.05) is 20.4 Å². The van der Waals surface area contributed by atoms with Gasteiger partial charge in [-0.3, -0.25) is 4.79 Å². The van der Waals surface area contributed by atoms with Crippen molar-refractivity contribution in [1.82, 2.24) is 5.01 Å². The molecular formula is C17H18F3N3O7. The number of rotatable bonds is 7. The van der Waals surface area contributed by atoms with Crippen LogP contribution >= 0.6 is 0 Å². The third kappa shape index (κ3) is 5.52. The fraction of sp³-hybridized carbons (Fsp3) is 0.412. The number of carboxylic acids is 1. The van der Waals surface area contributed by atoms with Gasteiger partial charge in [0, 0.05) is 5.56 Å². The highest BCUT2D eigenvalue weighted by Gasteiger charge is 2.49. The summed E-state index contributed by atoms with van der Waals surface area (Å²) in [4.78, 5) is 26.8. The van der Waals surface area contributed by atoms with E-state index in [2.05, 4.69) is 14.9 Å². The zero-order valence-corrected chi connectivity index (χ0v) is 16.1. The van der Waals surface area contributed by atoms with Gasteiger partial charge in [-0.15, -0.1) is 5.01 Å². The first-order valence-corrected chi connectivity index (χ1v) is 8.36. The molecule has 1 heterocycles. The minimum Gasteiger partial charge on any atom is -0.569 e. The Morgan fingerprint density at radius 2 is 2.03 bits per heavy atom. The number of esters is 1. The maximum atomic E-state index is 13.4. The van der Waals surface area contributed by atoms with Crippen molar-refractivity contribution in [3.8, 4) is 5.75 Å². The highest BCUT2D eigenvalue weighted by atomic mass is 19.4. The lowest BCUT2D eigenvalue weighted by molar-refractivity contribution is -0.704. The Morgan fingerprint density at radius 1 is 1.37 bits per heavy atom. The van der Waals surface area contributed by atoms with Gasteiger partial charge in [0.25, 0.3) is 6.79 Å². The van der Waals surface area contributed by atoms with E-state index in [1.165, 1.54) is 0 Å². The van der Waals surface area contributed by atoms with E-state index in [9.17, 15) is 28.0 Å². The summed E-state index contributed by atoms with van der Waals surface area (Å²) in [6, 6.07) is 3.20. The molecule has 1 N–H and O–H groups in total. The van der Waals surface area contributed by atoms with Gasteiger partial charge < -0.3 is 24.6 Å². The summed E-state index contributed by atoms with van der Waals surface area (Å²) in [6.07, 6.45) is -6.42. The molecular weight excluding hydrogens is 415 g/mol. The summed E-state index contributed by atoms with van der Waals surface area (Å²) >= 11 is 0. The lowest BCUT2D eigenvalue weighted by atomic mass is 9.97. The van der Waals surface area contributed by atoms with Crippen LogP contribution in [0, 0.1) is 19.1 Å². The molecule has 0 radical (unpaired) electrons. The van der Waals surface area contributed by atoms with Crippen LogP contribution in [0.2, 0.25) is 0 Å². The van der Waals surface area contributed by atoms with Crippen molar-refractivity contribution in [3.63, 3.8) is 0 Å². The van der Waals surface area contributed by atoms with Crippen molar-refractivity contribution in [1.29, 1.82) is 0 Å². The molecule has 10 nitrogen and oxygen atoms in total. The molecule has 1 aliphatic rings. The molecule has 1 aromatic carbocycles. The number of aryl methyl sites for hydroxylation is 2. The Morgan fingerprint density at radius 3 is 2.63 bits per heavy atom.